The molecule has 3 N–H and O–H groups in total. The Morgan fingerprint density at radius 2 is 2.00 bits per heavy atom. The zero-order valence-corrected chi connectivity index (χ0v) is 12.6. The maximum Gasteiger partial charge on any atom is 0.262 e. The number of nitrogen functional groups attached to an aromatic ring is 1. The number of nitrogens with two attached hydrogens (primary N) is 1. The van der Waals surface area contributed by atoms with E-state index in [0.29, 0.717) is 22.7 Å². The van der Waals surface area contributed by atoms with Crippen molar-refractivity contribution in [3.8, 4) is 11.8 Å². The number of amides is 1. The van der Waals surface area contributed by atoms with Crippen LogP contribution in [-0.4, -0.2) is 12.5 Å². The Hall–Kier alpha value is -2.52. The molecule has 2 aromatic rings. The third kappa shape index (κ3) is 4.23. The van der Waals surface area contributed by atoms with Gasteiger partial charge in [0.05, 0.1) is 5.56 Å². The van der Waals surface area contributed by atoms with Gasteiger partial charge in [0.1, 0.15) is 11.8 Å². The van der Waals surface area contributed by atoms with Gasteiger partial charge in [0.2, 0.25) is 0 Å². The number of rotatable bonds is 4. The van der Waals surface area contributed by atoms with Crippen molar-refractivity contribution in [3.63, 3.8) is 0 Å². The van der Waals surface area contributed by atoms with Gasteiger partial charge in [-0.2, -0.15) is 5.26 Å². The van der Waals surface area contributed by atoms with E-state index in [1.807, 2.05) is 18.2 Å². The summed E-state index contributed by atoms with van der Waals surface area (Å²) in [6.45, 7) is -0.186. The molecule has 0 fully saturated rings. The molecule has 0 saturated heterocycles. The molecule has 21 heavy (non-hydrogen) atoms. The molecule has 0 spiro atoms. The second-order valence-electron chi connectivity index (χ2n) is 4.21. The van der Waals surface area contributed by atoms with Gasteiger partial charge in [-0.15, -0.1) is 0 Å². The number of nitrogens with one attached hydrogen (secondary N) is 1. The van der Waals surface area contributed by atoms with Crippen LogP contribution in [0.2, 0.25) is 0 Å². The smallest absolute Gasteiger partial charge is 0.262 e. The predicted molar refractivity (Wildman–Crippen MR) is 83.8 cm³/mol. The van der Waals surface area contributed by atoms with Crippen molar-refractivity contribution in [1.29, 1.82) is 5.26 Å². The zero-order chi connectivity index (χ0) is 15.2. The summed E-state index contributed by atoms with van der Waals surface area (Å²) in [5.74, 6) is 0.0238. The molecule has 0 aliphatic heterocycles. The quantitative estimate of drug-likeness (QED) is 0.833. The van der Waals surface area contributed by atoms with Gasteiger partial charge in [-0.3, -0.25) is 4.79 Å². The lowest BCUT2D eigenvalue weighted by atomic mass is 10.2. The van der Waals surface area contributed by atoms with Gasteiger partial charge in [-0.25, -0.2) is 0 Å². The highest BCUT2D eigenvalue weighted by Gasteiger charge is 2.07. The molecule has 0 heterocycles. The van der Waals surface area contributed by atoms with Crippen LogP contribution < -0.4 is 15.8 Å². The van der Waals surface area contributed by atoms with E-state index in [4.69, 9.17) is 15.7 Å². The minimum absolute atomic E-state index is 0.186. The van der Waals surface area contributed by atoms with Crippen molar-refractivity contribution < 1.29 is 9.53 Å². The third-order valence-corrected chi connectivity index (χ3v) is 3.14. The van der Waals surface area contributed by atoms with Gasteiger partial charge in [0, 0.05) is 15.8 Å². The van der Waals surface area contributed by atoms with Crippen LogP contribution in [0.3, 0.4) is 0 Å². The highest BCUT2D eigenvalue weighted by Crippen LogP contribution is 2.20. The second-order valence-corrected chi connectivity index (χ2v) is 5.13. The second kappa shape index (κ2) is 6.77. The number of ether oxygens (including phenoxy) is 1. The summed E-state index contributed by atoms with van der Waals surface area (Å²) in [6, 6.07) is 13.8. The molecule has 0 saturated carbocycles. The van der Waals surface area contributed by atoms with E-state index in [0.717, 1.165) is 4.47 Å². The molecule has 106 valence electrons. The van der Waals surface area contributed by atoms with Crippen molar-refractivity contribution in [3.05, 3.63) is 52.5 Å². The number of carbonyl (C=O) groups excluding carboxylic acids is 1. The Balaban J connectivity index is 1.95. The van der Waals surface area contributed by atoms with Crippen LogP contribution in [0.5, 0.6) is 5.75 Å². The van der Waals surface area contributed by atoms with Crippen LogP contribution in [0.1, 0.15) is 5.56 Å². The molecular weight excluding hydrogens is 334 g/mol. The molecule has 0 radical (unpaired) electrons. The van der Waals surface area contributed by atoms with Gasteiger partial charge in [-0.1, -0.05) is 15.9 Å². The van der Waals surface area contributed by atoms with E-state index in [1.54, 1.807) is 24.3 Å². The molecule has 5 nitrogen and oxygen atoms in total. The largest absolute Gasteiger partial charge is 0.482 e. The van der Waals surface area contributed by atoms with Gasteiger partial charge in [-0.05, 0) is 42.5 Å². The lowest BCUT2D eigenvalue weighted by Gasteiger charge is -2.09. The average Bonchev–Trinajstić information content (AvgIpc) is 2.48. The summed E-state index contributed by atoms with van der Waals surface area (Å²) in [5.41, 5.74) is 7.02. The maximum absolute atomic E-state index is 11.8. The topological polar surface area (TPSA) is 88.1 Å². The minimum atomic E-state index is -0.307. The van der Waals surface area contributed by atoms with E-state index >= 15 is 0 Å². The Bertz CT molecular complexity index is 693. The highest BCUT2D eigenvalue weighted by molar-refractivity contribution is 9.10. The van der Waals surface area contributed by atoms with E-state index in [1.165, 1.54) is 6.07 Å². The average molecular weight is 346 g/mol. The standard InChI is InChI=1S/C15H12BrN3O2/c16-11-1-4-13(5-2-11)19-15(20)9-21-14-6-3-12(18)7-10(14)8-17/h1-7H,9,18H2,(H,19,20). The summed E-state index contributed by atoms with van der Waals surface area (Å²) >= 11 is 3.32. The number of hydrogen-bond acceptors (Lipinski definition) is 4. The number of halogens is 1. The molecule has 0 bridgehead atoms. The molecule has 0 atom stereocenters. The highest BCUT2D eigenvalue weighted by atomic mass is 79.9. The fourth-order valence-corrected chi connectivity index (χ4v) is 1.90. The number of benzene rings is 2. The van der Waals surface area contributed by atoms with Crippen molar-refractivity contribution in [2.75, 3.05) is 17.7 Å². The van der Waals surface area contributed by atoms with E-state index in [9.17, 15) is 4.79 Å². The SMILES string of the molecule is N#Cc1cc(N)ccc1OCC(=O)Nc1ccc(Br)cc1. The number of nitriles is 1. The molecule has 0 aromatic heterocycles. The van der Waals surface area contributed by atoms with Gasteiger partial charge in [0.15, 0.2) is 6.61 Å². The Kier molecular flexibility index (Phi) is 4.80. The predicted octanol–water partition coefficient (Wildman–Crippen LogP) is 2.92. The molecule has 1 amide bonds. The molecule has 0 aliphatic carbocycles. The Morgan fingerprint density at radius 1 is 1.29 bits per heavy atom. The zero-order valence-electron chi connectivity index (χ0n) is 11.0. The van der Waals surface area contributed by atoms with Crippen LogP contribution in [-0.2, 0) is 4.79 Å². The lowest BCUT2D eigenvalue weighted by Crippen LogP contribution is -2.20. The maximum atomic E-state index is 11.8. The van der Waals surface area contributed by atoms with Crippen LogP contribution in [0, 0.1) is 11.3 Å². The number of anilines is 2. The Labute approximate surface area is 130 Å². The van der Waals surface area contributed by atoms with Crippen LogP contribution in [0.15, 0.2) is 46.9 Å². The van der Waals surface area contributed by atoms with Crippen molar-refractivity contribution in [1.82, 2.24) is 0 Å². The van der Waals surface area contributed by atoms with Crippen LogP contribution in [0.25, 0.3) is 0 Å². The lowest BCUT2D eigenvalue weighted by molar-refractivity contribution is -0.118. The molecule has 6 heteroatoms. The third-order valence-electron chi connectivity index (χ3n) is 2.61. The molecular formula is C15H12BrN3O2. The van der Waals surface area contributed by atoms with Gasteiger partial charge >= 0.3 is 0 Å². The van der Waals surface area contributed by atoms with Crippen molar-refractivity contribution in [2.45, 2.75) is 0 Å². The molecule has 0 aliphatic rings. The fourth-order valence-electron chi connectivity index (χ4n) is 1.63. The number of nitrogens with zero attached hydrogens (tertiary/aromatic N) is 1. The number of hydrogen-bond donors (Lipinski definition) is 2. The van der Waals surface area contributed by atoms with Gasteiger partial charge < -0.3 is 15.8 Å². The molecule has 2 rings (SSSR count). The summed E-state index contributed by atoms with van der Waals surface area (Å²) < 4.78 is 6.27. The summed E-state index contributed by atoms with van der Waals surface area (Å²) in [4.78, 5) is 11.8. The summed E-state index contributed by atoms with van der Waals surface area (Å²) in [7, 11) is 0. The summed E-state index contributed by atoms with van der Waals surface area (Å²) in [6.07, 6.45) is 0. The van der Waals surface area contributed by atoms with E-state index in [-0.39, 0.29) is 12.5 Å². The minimum Gasteiger partial charge on any atom is -0.482 e. The summed E-state index contributed by atoms with van der Waals surface area (Å²) in [5, 5.41) is 11.7. The normalized spacial score (nSPS) is 9.71. The van der Waals surface area contributed by atoms with Crippen LogP contribution in [0.4, 0.5) is 11.4 Å². The van der Waals surface area contributed by atoms with Crippen LogP contribution >= 0.6 is 15.9 Å². The van der Waals surface area contributed by atoms with E-state index < -0.39 is 0 Å². The van der Waals surface area contributed by atoms with Crippen molar-refractivity contribution in [2.24, 2.45) is 0 Å². The fraction of sp³-hybridized carbons (Fsp3) is 0.0667. The Morgan fingerprint density at radius 3 is 2.67 bits per heavy atom. The number of carbonyl (C=O) groups is 1. The first kappa shape index (κ1) is 14.9. The monoisotopic (exact) mass is 345 g/mol. The first-order valence-corrected chi connectivity index (χ1v) is 6.85. The molecule has 2 aromatic carbocycles. The van der Waals surface area contributed by atoms with Gasteiger partial charge in [0.25, 0.3) is 5.91 Å². The first-order chi connectivity index (χ1) is 10.1. The van der Waals surface area contributed by atoms with Crippen molar-refractivity contribution >= 4 is 33.2 Å². The van der Waals surface area contributed by atoms with E-state index in [2.05, 4.69) is 21.2 Å². The first-order valence-electron chi connectivity index (χ1n) is 6.06. The molecule has 0 unspecified atom stereocenters.